The first kappa shape index (κ1) is 20.6. The van der Waals surface area contributed by atoms with E-state index >= 15 is 0 Å². The molecule has 0 heterocycles. The van der Waals surface area contributed by atoms with E-state index in [1.807, 2.05) is 24.3 Å². The lowest BCUT2D eigenvalue weighted by Crippen LogP contribution is -2.15. The fraction of sp³-hybridized carbons (Fsp3) is 0.250. The molecule has 0 bridgehead atoms. The highest BCUT2D eigenvalue weighted by Gasteiger charge is 2.18. The van der Waals surface area contributed by atoms with Gasteiger partial charge in [-0.15, -0.1) is 0 Å². The molecule has 0 amide bonds. The van der Waals surface area contributed by atoms with Gasteiger partial charge in [0.1, 0.15) is 5.82 Å². The number of anilines is 1. The quantitative estimate of drug-likeness (QED) is 0.413. The lowest BCUT2D eigenvalue weighted by molar-refractivity contribution is 0.160. The van der Waals surface area contributed by atoms with Gasteiger partial charge in [0.15, 0.2) is 0 Å². The van der Waals surface area contributed by atoms with Crippen molar-refractivity contribution in [1.29, 1.82) is 0 Å². The molecule has 3 aromatic carbocycles. The van der Waals surface area contributed by atoms with Crippen LogP contribution in [0.15, 0.2) is 77.3 Å². The zero-order chi connectivity index (χ0) is 20.1. The molecule has 3 rings (SSSR count). The van der Waals surface area contributed by atoms with Crippen molar-refractivity contribution in [2.75, 3.05) is 5.32 Å². The molecule has 0 saturated carbocycles. The Morgan fingerprint density at radius 2 is 1.36 bits per heavy atom. The SMILES string of the molecule is CC(C)c1ccc(C(CC(O)c2ccc(Br)cc2)Nc2ccc(F)cc2)cc1. The van der Waals surface area contributed by atoms with Crippen LogP contribution in [0.1, 0.15) is 55.0 Å². The predicted octanol–water partition coefficient (Wildman–Crippen LogP) is 6.99. The van der Waals surface area contributed by atoms with Crippen molar-refractivity contribution in [2.24, 2.45) is 0 Å². The highest BCUT2D eigenvalue weighted by Crippen LogP contribution is 2.31. The zero-order valence-electron chi connectivity index (χ0n) is 16.1. The molecule has 28 heavy (non-hydrogen) atoms. The van der Waals surface area contributed by atoms with E-state index < -0.39 is 6.10 Å². The fourth-order valence-electron chi connectivity index (χ4n) is 3.18. The largest absolute Gasteiger partial charge is 0.388 e. The topological polar surface area (TPSA) is 32.3 Å². The number of nitrogens with one attached hydrogen (secondary N) is 1. The van der Waals surface area contributed by atoms with Gasteiger partial charge in [0.05, 0.1) is 12.1 Å². The molecule has 0 fully saturated rings. The number of hydrogen-bond acceptors (Lipinski definition) is 2. The first-order valence-corrected chi connectivity index (χ1v) is 10.3. The lowest BCUT2D eigenvalue weighted by Gasteiger charge is -2.24. The minimum atomic E-state index is -0.615. The molecule has 0 saturated heterocycles. The van der Waals surface area contributed by atoms with Crippen LogP contribution >= 0.6 is 15.9 Å². The summed E-state index contributed by atoms with van der Waals surface area (Å²) in [5.74, 6) is 0.198. The number of aliphatic hydroxyl groups excluding tert-OH is 1. The molecule has 4 heteroatoms. The van der Waals surface area contributed by atoms with E-state index in [-0.39, 0.29) is 11.9 Å². The second kappa shape index (κ2) is 9.35. The minimum absolute atomic E-state index is 0.106. The Morgan fingerprint density at radius 3 is 1.93 bits per heavy atom. The van der Waals surface area contributed by atoms with Gasteiger partial charge >= 0.3 is 0 Å². The molecule has 0 aromatic heterocycles. The Bertz CT molecular complexity index is 876. The van der Waals surface area contributed by atoms with Crippen LogP contribution in [-0.2, 0) is 0 Å². The highest BCUT2D eigenvalue weighted by molar-refractivity contribution is 9.10. The molecule has 2 N–H and O–H groups in total. The van der Waals surface area contributed by atoms with Crippen LogP contribution in [-0.4, -0.2) is 5.11 Å². The normalized spacial score (nSPS) is 13.4. The molecular weight excluding hydrogens is 417 g/mol. The lowest BCUT2D eigenvalue weighted by atomic mass is 9.94. The Kier molecular flexibility index (Phi) is 6.87. The molecule has 3 aromatic rings. The molecule has 146 valence electrons. The molecular formula is C24H25BrFNO. The van der Waals surface area contributed by atoms with Gasteiger partial charge in [-0.25, -0.2) is 4.39 Å². The number of rotatable bonds is 7. The van der Waals surface area contributed by atoms with Crippen molar-refractivity contribution in [3.05, 3.63) is 99.8 Å². The Balaban J connectivity index is 1.84. The van der Waals surface area contributed by atoms with Gasteiger partial charge in [-0.3, -0.25) is 0 Å². The van der Waals surface area contributed by atoms with Gasteiger partial charge in [0.2, 0.25) is 0 Å². The van der Waals surface area contributed by atoms with Crippen LogP contribution in [0.5, 0.6) is 0 Å². The fourth-order valence-corrected chi connectivity index (χ4v) is 3.45. The van der Waals surface area contributed by atoms with Crippen LogP contribution < -0.4 is 5.32 Å². The molecule has 2 unspecified atom stereocenters. The summed E-state index contributed by atoms with van der Waals surface area (Å²) in [4.78, 5) is 0. The summed E-state index contributed by atoms with van der Waals surface area (Å²) in [6, 6.07) is 22.4. The van der Waals surface area contributed by atoms with Gasteiger partial charge < -0.3 is 10.4 Å². The molecule has 2 nitrogen and oxygen atoms in total. The van der Waals surface area contributed by atoms with Crippen LogP contribution in [0.25, 0.3) is 0 Å². The molecule has 0 aliphatic heterocycles. The summed E-state index contributed by atoms with van der Waals surface area (Å²) in [5.41, 5.74) is 4.05. The van der Waals surface area contributed by atoms with Gasteiger partial charge in [-0.05, 0) is 59.0 Å². The van der Waals surface area contributed by atoms with Crippen molar-refractivity contribution in [3.63, 3.8) is 0 Å². The monoisotopic (exact) mass is 441 g/mol. The molecule has 2 atom stereocenters. The summed E-state index contributed by atoms with van der Waals surface area (Å²) in [6.45, 7) is 4.33. The Labute approximate surface area is 174 Å². The minimum Gasteiger partial charge on any atom is -0.388 e. The Morgan fingerprint density at radius 1 is 0.821 bits per heavy atom. The average molecular weight is 442 g/mol. The van der Waals surface area contributed by atoms with Gasteiger partial charge in [-0.2, -0.15) is 0 Å². The van der Waals surface area contributed by atoms with E-state index in [0.29, 0.717) is 12.3 Å². The first-order valence-electron chi connectivity index (χ1n) is 9.48. The third-order valence-electron chi connectivity index (χ3n) is 4.90. The van der Waals surface area contributed by atoms with Crippen LogP contribution in [0.4, 0.5) is 10.1 Å². The maximum absolute atomic E-state index is 13.3. The van der Waals surface area contributed by atoms with Crippen LogP contribution in [0.3, 0.4) is 0 Å². The van der Waals surface area contributed by atoms with Crippen molar-refractivity contribution >= 4 is 21.6 Å². The van der Waals surface area contributed by atoms with Crippen LogP contribution in [0.2, 0.25) is 0 Å². The number of benzene rings is 3. The molecule has 0 aliphatic rings. The van der Waals surface area contributed by atoms with E-state index in [1.165, 1.54) is 17.7 Å². The number of halogens is 2. The van der Waals surface area contributed by atoms with Crippen molar-refractivity contribution in [3.8, 4) is 0 Å². The molecule has 0 spiro atoms. The summed E-state index contributed by atoms with van der Waals surface area (Å²) >= 11 is 3.43. The summed E-state index contributed by atoms with van der Waals surface area (Å²) in [7, 11) is 0. The summed E-state index contributed by atoms with van der Waals surface area (Å²) in [6.07, 6.45) is -0.115. The van der Waals surface area contributed by atoms with Gasteiger partial charge in [-0.1, -0.05) is 66.2 Å². The van der Waals surface area contributed by atoms with Crippen molar-refractivity contribution in [2.45, 2.75) is 38.3 Å². The highest BCUT2D eigenvalue weighted by atomic mass is 79.9. The van der Waals surface area contributed by atoms with E-state index in [9.17, 15) is 9.50 Å². The third-order valence-corrected chi connectivity index (χ3v) is 5.43. The first-order chi connectivity index (χ1) is 13.4. The van der Waals surface area contributed by atoms with E-state index in [2.05, 4.69) is 59.4 Å². The average Bonchev–Trinajstić information content (AvgIpc) is 2.69. The van der Waals surface area contributed by atoms with E-state index in [0.717, 1.165) is 21.3 Å². The predicted molar refractivity (Wildman–Crippen MR) is 117 cm³/mol. The standard InChI is InChI=1S/C24H25BrFNO/c1-16(2)17-3-5-18(6-4-17)23(27-22-13-11-21(26)12-14-22)15-24(28)19-7-9-20(25)10-8-19/h3-14,16,23-24,27-28H,15H2,1-2H3. The van der Waals surface area contributed by atoms with Crippen molar-refractivity contribution < 1.29 is 9.50 Å². The second-order valence-electron chi connectivity index (χ2n) is 7.33. The van der Waals surface area contributed by atoms with E-state index in [4.69, 9.17) is 0 Å². The second-order valence-corrected chi connectivity index (χ2v) is 8.24. The summed E-state index contributed by atoms with van der Waals surface area (Å²) < 4.78 is 14.2. The maximum Gasteiger partial charge on any atom is 0.123 e. The van der Waals surface area contributed by atoms with E-state index in [1.54, 1.807) is 12.1 Å². The maximum atomic E-state index is 13.3. The smallest absolute Gasteiger partial charge is 0.123 e. The Hall–Kier alpha value is -2.17. The van der Waals surface area contributed by atoms with Gasteiger partial charge in [0, 0.05) is 16.6 Å². The summed E-state index contributed by atoms with van der Waals surface area (Å²) in [5, 5.41) is 14.2. The molecule has 0 radical (unpaired) electrons. The van der Waals surface area contributed by atoms with Gasteiger partial charge in [0.25, 0.3) is 0 Å². The van der Waals surface area contributed by atoms with Crippen LogP contribution in [0, 0.1) is 5.82 Å². The van der Waals surface area contributed by atoms with Crippen molar-refractivity contribution in [1.82, 2.24) is 0 Å². The molecule has 0 aliphatic carbocycles. The third kappa shape index (κ3) is 5.43. The number of hydrogen-bond donors (Lipinski definition) is 2. The number of aliphatic hydroxyl groups is 1. The zero-order valence-corrected chi connectivity index (χ0v) is 17.7.